The van der Waals surface area contributed by atoms with Gasteiger partial charge < -0.3 is 4.90 Å². The number of carbonyl (C=O) groups excluding carboxylic acids is 1. The third-order valence-electron chi connectivity index (χ3n) is 2.44. The number of hydrogen-bond acceptors (Lipinski definition) is 2. The van der Waals surface area contributed by atoms with Gasteiger partial charge in [-0.25, -0.2) is 0 Å². The summed E-state index contributed by atoms with van der Waals surface area (Å²) in [5, 5.41) is 0. The zero-order valence-corrected chi connectivity index (χ0v) is 7.66. The van der Waals surface area contributed by atoms with E-state index in [1.54, 1.807) is 12.4 Å². The second-order valence-corrected chi connectivity index (χ2v) is 3.23. The normalized spacial score (nSPS) is 15.8. The van der Waals surface area contributed by atoms with E-state index >= 15 is 0 Å². The van der Waals surface area contributed by atoms with Gasteiger partial charge in [0.25, 0.3) is 0 Å². The largest absolute Gasteiger partial charge is 0.338 e. The van der Waals surface area contributed by atoms with Crippen molar-refractivity contribution >= 4 is 5.91 Å². The Hall–Kier alpha value is -1.38. The Bertz CT molecular complexity index is 335. The number of nitrogens with zero attached hydrogens (tertiary/aromatic N) is 2. The van der Waals surface area contributed by atoms with Crippen molar-refractivity contribution in [2.45, 2.75) is 19.9 Å². The molecule has 1 aliphatic heterocycles. The molecule has 1 aromatic rings. The summed E-state index contributed by atoms with van der Waals surface area (Å²) < 4.78 is 0. The highest BCUT2D eigenvalue weighted by Gasteiger charge is 2.20. The van der Waals surface area contributed by atoms with Crippen molar-refractivity contribution in [3.63, 3.8) is 0 Å². The van der Waals surface area contributed by atoms with Crippen LogP contribution in [0.25, 0.3) is 0 Å². The lowest BCUT2D eigenvalue weighted by Gasteiger charge is -2.27. The molecule has 0 aromatic carbocycles. The molecule has 1 amide bonds. The Morgan fingerprint density at radius 1 is 1.54 bits per heavy atom. The molecule has 13 heavy (non-hydrogen) atoms. The van der Waals surface area contributed by atoms with Gasteiger partial charge in [0.05, 0.1) is 6.42 Å². The van der Waals surface area contributed by atoms with Crippen LogP contribution in [0.15, 0.2) is 18.5 Å². The highest BCUT2D eigenvalue weighted by atomic mass is 16.2. The van der Waals surface area contributed by atoms with Crippen LogP contribution < -0.4 is 0 Å². The number of carbonyl (C=O) groups is 1. The van der Waals surface area contributed by atoms with Crippen molar-refractivity contribution in [1.29, 1.82) is 0 Å². The third kappa shape index (κ3) is 1.41. The van der Waals surface area contributed by atoms with Crippen LogP contribution in [0.5, 0.6) is 0 Å². The van der Waals surface area contributed by atoms with Gasteiger partial charge in [-0.05, 0) is 24.1 Å². The van der Waals surface area contributed by atoms with Gasteiger partial charge in [-0.2, -0.15) is 0 Å². The first-order valence-corrected chi connectivity index (χ1v) is 4.51. The lowest BCUT2D eigenvalue weighted by Crippen LogP contribution is -2.35. The van der Waals surface area contributed by atoms with Crippen molar-refractivity contribution in [3.05, 3.63) is 29.6 Å². The van der Waals surface area contributed by atoms with E-state index in [-0.39, 0.29) is 5.91 Å². The molecule has 2 heterocycles. The number of pyridine rings is 1. The van der Waals surface area contributed by atoms with Crippen molar-refractivity contribution in [1.82, 2.24) is 9.88 Å². The Labute approximate surface area is 77.4 Å². The second kappa shape index (κ2) is 3.17. The summed E-state index contributed by atoms with van der Waals surface area (Å²) in [4.78, 5) is 17.4. The topological polar surface area (TPSA) is 33.2 Å². The molecule has 0 fully saturated rings. The number of fused-ring (bicyclic) bond motifs is 1. The van der Waals surface area contributed by atoms with Gasteiger partial charge >= 0.3 is 0 Å². The number of likely N-dealkylation sites (N-methyl/N-ethyl adjacent to an activating group) is 1. The summed E-state index contributed by atoms with van der Waals surface area (Å²) in [5.41, 5.74) is 2.31. The van der Waals surface area contributed by atoms with Crippen LogP contribution in [0.2, 0.25) is 0 Å². The van der Waals surface area contributed by atoms with Crippen LogP contribution in [0.3, 0.4) is 0 Å². The minimum atomic E-state index is 0.211. The summed E-state index contributed by atoms with van der Waals surface area (Å²) in [6.45, 7) is 3.54. The quantitative estimate of drug-likeness (QED) is 0.639. The molecule has 2 rings (SSSR count). The molecule has 0 saturated heterocycles. The van der Waals surface area contributed by atoms with E-state index in [9.17, 15) is 4.79 Å². The first kappa shape index (κ1) is 8.23. The third-order valence-corrected chi connectivity index (χ3v) is 2.44. The maximum absolute atomic E-state index is 11.5. The maximum Gasteiger partial charge on any atom is 0.227 e. The fourth-order valence-corrected chi connectivity index (χ4v) is 1.63. The van der Waals surface area contributed by atoms with Crippen molar-refractivity contribution in [2.24, 2.45) is 0 Å². The van der Waals surface area contributed by atoms with E-state index in [4.69, 9.17) is 0 Å². The Morgan fingerprint density at radius 2 is 2.38 bits per heavy atom. The van der Waals surface area contributed by atoms with Gasteiger partial charge in [-0.3, -0.25) is 9.78 Å². The van der Waals surface area contributed by atoms with E-state index in [0.717, 1.165) is 18.7 Å². The second-order valence-electron chi connectivity index (χ2n) is 3.23. The molecule has 1 aliphatic rings. The molecule has 1 aromatic heterocycles. The highest BCUT2D eigenvalue weighted by molar-refractivity contribution is 5.80. The molecular formula is C10H12N2O. The highest BCUT2D eigenvalue weighted by Crippen LogP contribution is 2.17. The van der Waals surface area contributed by atoms with Crippen molar-refractivity contribution in [2.75, 3.05) is 6.54 Å². The van der Waals surface area contributed by atoms with Crippen LogP contribution in [-0.2, 0) is 17.8 Å². The molecule has 68 valence electrons. The number of hydrogen-bond donors (Lipinski definition) is 0. The summed E-state index contributed by atoms with van der Waals surface area (Å²) in [6, 6.07) is 1.99. The Kier molecular flexibility index (Phi) is 2.00. The molecule has 3 nitrogen and oxygen atoms in total. The van der Waals surface area contributed by atoms with Crippen molar-refractivity contribution < 1.29 is 4.79 Å². The lowest BCUT2D eigenvalue weighted by atomic mass is 10.0. The predicted octanol–water partition coefficient (Wildman–Crippen LogP) is 0.986. The minimum absolute atomic E-state index is 0.211. The summed E-state index contributed by atoms with van der Waals surface area (Å²) in [6.07, 6.45) is 4.08. The number of amides is 1. The van der Waals surface area contributed by atoms with E-state index in [0.29, 0.717) is 6.42 Å². The van der Waals surface area contributed by atoms with Crippen LogP contribution in [0.4, 0.5) is 0 Å². The molecule has 0 N–H and O–H groups in total. The average Bonchev–Trinajstić information content (AvgIpc) is 2.17. The fourth-order valence-electron chi connectivity index (χ4n) is 1.63. The zero-order valence-electron chi connectivity index (χ0n) is 7.66. The molecule has 0 bridgehead atoms. The minimum Gasteiger partial charge on any atom is -0.338 e. The smallest absolute Gasteiger partial charge is 0.227 e. The van der Waals surface area contributed by atoms with E-state index in [1.807, 2.05) is 17.9 Å². The van der Waals surface area contributed by atoms with Gasteiger partial charge in [0, 0.05) is 25.5 Å². The SMILES string of the molecule is CCN1Cc2ccncc2CC1=O. The molecule has 0 aliphatic carbocycles. The summed E-state index contributed by atoms with van der Waals surface area (Å²) in [5.74, 6) is 0.211. The first-order chi connectivity index (χ1) is 6.31. The van der Waals surface area contributed by atoms with Gasteiger partial charge in [-0.15, -0.1) is 0 Å². The number of aromatic nitrogens is 1. The molecular weight excluding hydrogens is 164 g/mol. The lowest BCUT2D eigenvalue weighted by molar-refractivity contribution is -0.131. The average molecular weight is 176 g/mol. The van der Waals surface area contributed by atoms with Crippen molar-refractivity contribution in [3.8, 4) is 0 Å². The molecule has 3 heteroatoms. The first-order valence-electron chi connectivity index (χ1n) is 4.51. The molecule has 0 atom stereocenters. The predicted molar refractivity (Wildman–Crippen MR) is 49.0 cm³/mol. The summed E-state index contributed by atoms with van der Waals surface area (Å²) >= 11 is 0. The van der Waals surface area contributed by atoms with Gasteiger partial charge in [0.2, 0.25) is 5.91 Å². The standard InChI is InChI=1S/C10H12N2O/c1-2-12-7-8-3-4-11-6-9(8)5-10(12)13/h3-4,6H,2,5,7H2,1H3. The van der Waals surface area contributed by atoms with Crippen LogP contribution >= 0.6 is 0 Å². The van der Waals surface area contributed by atoms with Gasteiger partial charge in [0.15, 0.2) is 0 Å². The summed E-state index contributed by atoms with van der Waals surface area (Å²) in [7, 11) is 0. The molecule has 0 saturated carbocycles. The van der Waals surface area contributed by atoms with Gasteiger partial charge in [0.1, 0.15) is 0 Å². The molecule has 0 spiro atoms. The Balaban J connectivity index is 2.33. The van der Waals surface area contributed by atoms with Crippen LogP contribution in [0.1, 0.15) is 18.1 Å². The van der Waals surface area contributed by atoms with E-state index < -0.39 is 0 Å². The monoisotopic (exact) mass is 176 g/mol. The Morgan fingerprint density at radius 3 is 3.15 bits per heavy atom. The zero-order chi connectivity index (χ0) is 9.26. The van der Waals surface area contributed by atoms with Gasteiger partial charge in [-0.1, -0.05) is 0 Å². The molecule has 0 radical (unpaired) electrons. The van der Waals surface area contributed by atoms with E-state index in [2.05, 4.69) is 4.98 Å². The maximum atomic E-state index is 11.5. The fraction of sp³-hybridized carbons (Fsp3) is 0.400. The molecule has 0 unspecified atom stereocenters. The van der Waals surface area contributed by atoms with Crippen LogP contribution in [0, 0.1) is 0 Å². The number of rotatable bonds is 1. The van der Waals surface area contributed by atoms with Crippen LogP contribution in [-0.4, -0.2) is 22.3 Å². The van der Waals surface area contributed by atoms with E-state index in [1.165, 1.54) is 5.56 Å².